The van der Waals surface area contributed by atoms with Crippen LogP contribution in [-0.4, -0.2) is 28.6 Å². The van der Waals surface area contributed by atoms with Gasteiger partial charge in [-0.25, -0.2) is 4.98 Å². The smallest absolute Gasteiger partial charge is 0.263 e. The zero-order valence-electron chi connectivity index (χ0n) is 13.2. The summed E-state index contributed by atoms with van der Waals surface area (Å²) < 4.78 is 0. The SMILES string of the molecule is Cc1nc(C2CCCC2)sc1C(=O)N[C@@H](CO)CC(C)C. The van der Waals surface area contributed by atoms with Gasteiger partial charge in [-0.2, -0.15) is 0 Å². The molecule has 1 aromatic rings. The van der Waals surface area contributed by atoms with Crippen LogP contribution in [0.5, 0.6) is 0 Å². The molecule has 0 saturated heterocycles. The molecule has 1 amide bonds. The van der Waals surface area contributed by atoms with Crippen molar-refractivity contribution in [1.82, 2.24) is 10.3 Å². The average Bonchev–Trinajstić information content (AvgIpc) is 3.05. The lowest BCUT2D eigenvalue weighted by Gasteiger charge is -2.17. The van der Waals surface area contributed by atoms with Crippen LogP contribution in [0.15, 0.2) is 0 Å². The molecule has 0 aliphatic heterocycles. The summed E-state index contributed by atoms with van der Waals surface area (Å²) in [6.07, 6.45) is 5.72. The van der Waals surface area contributed by atoms with Gasteiger partial charge >= 0.3 is 0 Å². The van der Waals surface area contributed by atoms with Crippen LogP contribution in [0.25, 0.3) is 0 Å². The Kier molecular flexibility index (Phi) is 5.76. The van der Waals surface area contributed by atoms with Crippen molar-refractivity contribution >= 4 is 17.2 Å². The Morgan fingerprint density at radius 1 is 1.43 bits per heavy atom. The highest BCUT2D eigenvalue weighted by Crippen LogP contribution is 2.37. The van der Waals surface area contributed by atoms with Crippen molar-refractivity contribution in [3.8, 4) is 0 Å². The van der Waals surface area contributed by atoms with Crippen LogP contribution in [0.2, 0.25) is 0 Å². The molecule has 0 radical (unpaired) electrons. The lowest BCUT2D eigenvalue weighted by molar-refractivity contribution is 0.0911. The Balaban J connectivity index is 2.04. The van der Waals surface area contributed by atoms with Gasteiger partial charge in [-0.15, -0.1) is 11.3 Å². The number of carbonyl (C=O) groups is 1. The quantitative estimate of drug-likeness (QED) is 0.848. The maximum absolute atomic E-state index is 12.4. The molecule has 1 aliphatic rings. The molecule has 1 atom stereocenters. The van der Waals surface area contributed by atoms with E-state index in [1.165, 1.54) is 37.0 Å². The van der Waals surface area contributed by atoms with Crippen LogP contribution in [-0.2, 0) is 0 Å². The van der Waals surface area contributed by atoms with Gasteiger partial charge in [0, 0.05) is 5.92 Å². The maximum Gasteiger partial charge on any atom is 0.263 e. The number of aliphatic hydroxyl groups is 1. The van der Waals surface area contributed by atoms with Gasteiger partial charge in [0.25, 0.3) is 5.91 Å². The van der Waals surface area contributed by atoms with E-state index in [4.69, 9.17) is 0 Å². The number of rotatable bonds is 6. The molecule has 118 valence electrons. The predicted molar refractivity (Wildman–Crippen MR) is 85.9 cm³/mol. The standard InChI is InChI=1S/C16H26N2O2S/c1-10(2)8-13(9-19)18-15(20)14-11(3)17-16(21-14)12-6-4-5-7-12/h10,12-13,19H,4-9H2,1-3H3,(H,18,20)/t13-/m1/s1. The maximum atomic E-state index is 12.4. The summed E-state index contributed by atoms with van der Waals surface area (Å²) in [5.74, 6) is 0.896. The van der Waals surface area contributed by atoms with Gasteiger partial charge in [0.1, 0.15) is 4.88 Å². The Labute approximate surface area is 131 Å². The number of amides is 1. The third-order valence-corrected chi connectivity index (χ3v) is 5.35. The number of nitrogens with one attached hydrogen (secondary N) is 1. The first-order chi connectivity index (χ1) is 10.0. The minimum atomic E-state index is -0.172. The first kappa shape index (κ1) is 16.4. The summed E-state index contributed by atoms with van der Waals surface area (Å²) in [6.45, 7) is 6.06. The molecule has 0 spiro atoms. The van der Waals surface area contributed by atoms with Crippen molar-refractivity contribution in [3.63, 3.8) is 0 Å². The summed E-state index contributed by atoms with van der Waals surface area (Å²) in [5, 5.41) is 13.4. The largest absolute Gasteiger partial charge is 0.394 e. The van der Waals surface area contributed by atoms with Crippen molar-refractivity contribution in [2.45, 2.75) is 64.8 Å². The van der Waals surface area contributed by atoms with Gasteiger partial charge in [-0.3, -0.25) is 4.79 Å². The molecular formula is C16H26N2O2S. The number of nitrogens with zero attached hydrogens (tertiary/aromatic N) is 1. The number of hydrogen-bond donors (Lipinski definition) is 2. The highest BCUT2D eigenvalue weighted by molar-refractivity contribution is 7.13. The number of carbonyl (C=O) groups excluding carboxylic acids is 1. The van der Waals surface area contributed by atoms with Gasteiger partial charge in [-0.05, 0) is 32.1 Å². The van der Waals surface area contributed by atoms with Crippen molar-refractivity contribution in [1.29, 1.82) is 0 Å². The number of aliphatic hydroxyl groups excluding tert-OH is 1. The Bertz CT molecular complexity index is 479. The molecule has 0 aromatic carbocycles. The molecule has 1 heterocycles. The number of thiazole rings is 1. The number of aryl methyl sites for hydroxylation is 1. The van der Waals surface area contributed by atoms with Crippen LogP contribution in [0, 0.1) is 12.8 Å². The lowest BCUT2D eigenvalue weighted by Crippen LogP contribution is -2.38. The summed E-state index contributed by atoms with van der Waals surface area (Å²) in [7, 11) is 0. The number of aromatic nitrogens is 1. The molecule has 1 aromatic heterocycles. The molecule has 21 heavy (non-hydrogen) atoms. The first-order valence-corrected chi connectivity index (χ1v) is 8.72. The molecule has 1 fully saturated rings. The van der Waals surface area contributed by atoms with E-state index in [9.17, 15) is 9.90 Å². The van der Waals surface area contributed by atoms with Gasteiger partial charge in [0.15, 0.2) is 0 Å². The van der Waals surface area contributed by atoms with E-state index in [-0.39, 0.29) is 18.6 Å². The molecule has 1 saturated carbocycles. The second-order valence-electron chi connectivity index (χ2n) is 6.43. The third-order valence-electron chi connectivity index (χ3n) is 4.04. The van der Waals surface area contributed by atoms with Gasteiger partial charge in [0.05, 0.1) is 23.4 Å². The highest BCUT2D eigenvalue weighted by atomic mass is 32.1. The molecule has 2 rings (SSSR count). The van der Waals surface area contributed by atoms with Gasteiger partial charge < -0.3 is 10.4 Å². The van der Waals surface area contributed by atoms with Crippen molar-refractivity contribution < 1.29 is 9.90 Å². The predicted octanol–water partition coefficient (Wildman–Crippen LogP) is 3.25. The average molecular weight is 310 g/mol. The monoisotopic (exact) mass is 310 g/mol. The minimum Gasteiger partial charge on any atom is -0.394 e. The fourth-order valence-electron chi connectivity index (χ4n) is 2.97. The normalized spacial score (nSPS) is 17.4. The fourth-order valence-corrected chi connectivity index (χ4v) is 4.11. The van der Waals surface area contributed by atoms with E-state index in [1.54, 1.807) is 0 Å². The van der Waals surface area contributed by atoms with E-state index in [1.807, 2.05) is 6.92 Å². The van der Waals surface area contributed by atoms with Crippen LogP contribution >= 0.6 is 11.3 Å². The molecule has 4 nitrogen and oxygen atoms in total. The zero-order chi connectivity index (χ0) is 15.4. The van der Waals surface area contributed by atoms with E-state index in [0.29, 0.717) is 16.7 Å². The summed E-state index contributed by atoms with van der Waals surface area (Å²) in [4.78, 5) is 17.7. The fraction of sp³-hybridized carbons (Fsp3) is 0.750. The summed E-state index contributed by atoms with van der Waals surface area (Å²) >= 11 is 1.53. The Morgan fingerprint density at radius 3 is 2.67 bits per heavy atom. The lowest BCUT2D eigenvalue weighted by atomic mass is 10.0. The Morgan fingerprint density at radius 2 is 2.10 bits per heavy atom. The number of hydrogen-bond acceptors (Lipinski definition) is 4. The molecule has 1 aliphatic carbocycles. The van der Waals surface area contributed by atoms with E-state index >= 15 is 0 Å². The highest BCUT2D eigenvalue weighted by Gasteiger charge is 2.24. The van der Waals surface area contributed by atoms with Crippen molar-refractivity contribution in [2.24, 2.45) is 5.92 Å². The van der Waals surface area contributed by atoms with Gasteiger partial charge in [0.2, 0.25) is 0 Å². The second kappa shape index (κ2) is 7.36. The minimum absolute atomic E-state index is 0.0166. The molecular weight excluding hydrogens is 284 g/mol. The topological polar surface area (TPSA) is 62.2 Å². The third kappa shape index (κ3) is 4.27. The molecule has 5 heteroatoms. The van der Waals surface area contributed by atoms with E-state index in [2.05, 4.69) is 24.1 Å². The Hall–Kier alpha value is -0.940. The summed E-state index contributed by atoms with van der Waals surface area (Å²) in [5.41, 5.74) is 0.820. The van der Waals surface area contributed by atoms with Crippen molar-refractivity contribution in [2.75, 3.05) is 6.61 Å². The molecule has 2 N–H and O–H groups in total. The van der Waals surface area contributed by atoms with E-state index in [0.717, 1.165) is 17.1 Å². The van der Waals surface area contributed by atoms with E-state index < -0.39 is 0 Å². The second-order valence-corrected chi connectivity index (χ2v) is 7.46. The first-order valence-electron chi connectivity index (χ1n) is 7.90. The van der Waals surface area contributed by atoms with Crippen LogP contribution in [0.3, 0.4) is 0 Å². The molecule has 0 unspecified atom stereocenters. The van der Waals surface area contributed by atoms with Gasteiger partial charge in [-0.1, -0.05) is 26.7 Å². The summed E-state index contributed by atoms with van der Waals surface area (Å²) in [6, 6.07) is -0.172. The zero-order valence-corrected chi connectivity index (χ0v) is 14.0. The van der Waals surface area contributed by atoms with Crippen molar-refractivity contribution in [3.05, 3.63) is 15.6 Å². The van der Waals surface area contributed by atoms with Crippen LogP contribution in [0.1, 0.15) is 72.2 Å². The molecule has 0 bridgehead atoms. The van der Waals surface area contributed by atoms with Crippen LogP contribution < -0.4 is 5.32 Å². The van der Waals surface area contributed by atoms with Crippen LogP contribution in [0.4, 0.5) is 0 Å².